The molecule has 0 bridgehead atoms. The normalized spacial score (nSPS) is 11.4. The van der Waals surface area contributed by atoms with Crippen molar-refractivity contribution in [3.63, 3.8) is 0 Å². The lowest BCUT2D eigenvalue weighted by atomic mass is 10.1. The number of anilines is 1. The first-order valence-corrected chi connectivity index (χ1v) is 9.82. The molecule has 0 atom stereocenters. The van der Waals surface area contributed by atoms with Crippen molar-refractivity contribution in [3.05, 3.63) is 29.8 Å². The van der Waals surface area contributed by atoms with Gasteiger partial charge in [0.25, 0.3) is 0 Å². The van der Waals surface area contributed by atoms with Crippen molar-refractivity contribution in [2.24, 2.45) is 17.8 Å². The number of hydrogen-bond acceptors (Lipinski definition) is 3. The Labute approximate surface area is 154 Å². The Balaban J connectivity index is 2.90. The van der Waals surface area contributed by atoms with Crippen molar-refractivity contribution in [2.45, 2.75) is 60.8 Å². The van der Waals surface area contributed by atoms with Crippen LogP contribution < -0.4 is 4.90 Å². The number of para-hydroxylation sites is 1. The van der Waals surface area contributed by atoms with E-state index < -0.39 is 0 Å². The molecule has 0 aliphatic rings. The standard InChI is InChI=1S/C22H37NO2/c1-17(2)11-14-23(15-12-18(3)4)21-10-8-7-9-20(21)22(24)25-16-13-19(5)6/h7-10,17-19H,11-16H2,1-6H3. The van der Waals surface area contributed by atoms with Crippen LogP contribution in [0.15, 0.2) is 24.3 Å². The summed E-state index contributed by atoms with van der Waals surface area (Å²) in [6, 6.07) is 7.88. The minimum Gasteiger partial charge on any atom is -0.462 e. The number of hydrogen-bond donors (Lipinski definition) is 0. The summed E-state index contributed by atoms with van der Waals surface area (Å²) in [6.45, 7) is 15.7. The summed E-state index contributed by atoms with van der Waals surface area (Å²) in [6.07, 6.45) is 3.14. The van der Waals surface area contributed by atoms with E-state index in [9.17, 15) is 4.79 Å². The van der Waals surface area contributed by atoms with Gasteiger partial charge in [-0.3, -0.25) is 0 Å². The highest BCUT2D eigenvalue weighted by atomic mass is 16.5. The molecule has 0 saturated carbocycles. The molecule has 0 amide bonds. The van der Waals surface area contributed by atoms with Crippen LogP contribution in [0.3, 0.4) is 0 Å². The lowest BCUT2D eigenvalue weighted by Crippen LogP contribution is -2.29. The number of benzene rings is 1. The molecule has 0 fully saturated rings. The molecule has 0 radical (unpaired) electrons. The van der Waals surface area contributed by atoms with E-state index in [0.29, 0.717) is 29.9 Å². The van der Waals surface area contributed by atoms with Crippen LogP contribution in [0.25, 0.3) is 0 Å². The number of rotatable bonds is 11. The van der Waals surface area contributed by atoms with Crippen LogP contribution in [-0.2, 0) is 4.74 Å². The molecule has 3 heteroatoms. The monoisotopic (exact) mass is 347 g/mol. The lowest BCUT2D eigenvalue weighted by molar-refractivity contribution is 0.0489. The Morgan fingerprint density at radius 2 is 1.40 bits per heavy atom. The maximum atomic E-state index is 12.6. The highest BCUT2D eigenvalue weighted by molar-refractivity contribution is 5.95. The third-order valence-corrected chi connectivity index (χ3v) is 4.35. The third kappa shape index (κ3) is 8.42. The number of carbonyl (C=O) groups is 1. The summed E-state index contributed by atoms with van der Waals surface area (Å²) in [7, 11) is 0. The average Bonchev–Trinajstić information content (AvgIpc) is 2.54. The molecule has 0 heterocycles. The summed E-state index contributed by atoms with van der Waals surface area (Å²) < 4.78 is 5.52. The van der Waals surface area contributed by atoms with Crippen molar-refractivity contribution < 1.29 is 9.53 Å². The summed E-state index contributed by atoms with van der Waals surface area (Å²) >= 11 is 0. The van der Waals surface area contributed by atoms with Gasteiger partial charge in [-0.2, -0.15) is 0 Å². The number of carbonyl (C=O) groups excluding carboxylic acids is 1. The zero-order valence-corrected chi connectivity index (χ0v) is 17.0. The molecule has 0 unspecified atom stereocenters. The second-order valence-corrected chi connectivity index (χ2v) is 8.19. The Morgan fingerprint density at radius 1 is 0.880 bits per heavy atom. The van der Waals surface area contributed by atoms with E-state index in [2.05, 4.69) is 52.5 Å². The molecule has 0 saturated heterocycles. The van der Waals surface area contributed by atoms with Crippen LogP contribution in [0.2, 0.25) is 0 Å². The van der Waals surface area contributed by atoms with Crippen LogP contribution in [0.4, 0.5) is 5.69 Å². The number of ether oxygens (including phenoxy) is 1. The SMILES string of the molecule is CC(C)CCOC(=O)c1ccccc1N(CCC(C)C)CCC(C)C. The Hall–Kier alpha value is -1.51. The molecule has 3 nitrogen and oxygen atoms in total. The van der Waals surface area contributed by atoms with Gasteiger partial charge in [-0.15, -0.1) is 0 Å². The van der Waals surface area contributed by atoms with Gasteiger partial charge in [0.2, 0.25) is 0 Å². The summed E-state index contributed by atoms with van der Waals surface area (Å²) in [5.41, 5.74) is 1.71. The van der Waals surface area contributed by atoms with Gasteiger partial charge >= 0.3 is 5.97 Å². The van der Waals surface area contributed by atoms with Gasteiger partial charge in [-0.05, 0) is 49.1 Å². The highest BCUT2D eigenvalue weighted by Crippen LogP contribution is 2.23. The predicted molar refractivity (Wildman–Crippen MR) is 107 cm³/mol. The van der Waals surface area contributed by atoms with Crippen LogP contribution >= 0.6 is 0 Å². The molecular formula is C22H37NO2. The van der Waals surface area contributed by atoms with E-state index in [0.717, 1.165) is 38.0 Å². The molecule has 142 valence electrons. The second-order valence-electron chi connectivity index (χ2n) is 8.19. The molecule has 0 N–H and O–H groups in total. The zero-order valence-electron chi connectivity index (χ0n) is 17.0. The molecular weight excluding hydrogens is 310 g/mol. The van der Waals surface area contributed by atoms with Gasteiger partial charge in [-0.1, -0.05) is 53.7 Å². The van der Waals surface area contributed by atoms with Crippen molar-refractivity contribution in [1.82, 2.24) is 0 Å². The molecule has 25 heavy (non-hydrogen) atoms. The van der Waals surface area contributed by atoms with Crippen molar-refractivity contribution >= 4 is 11.7 Å². The summed E-state index contributed by atoms with van der Waals surface area (Å²) in [5, 5.41) is 0. The fourth-order valence-electron chi connectivity index (χ4n) is 2.57. The summed E-state index contributed by atoms with van der Waals surface area (Å²) in [4.78, 5) is 14.9. The maximum Gasteiger partial charge on any atom is 0.340 e. The maximum absolute atomic E-state index is 12.6. The number of nitrogens with zero attached hydrogens (tertiary/aromatic N) is 1. The van der Waals surface area contributed by atoms with E-state index in [4.69, 9.17) is 4.74 Å². The predicted octanol–water partition coefficient (Wildman–Crippen LogP) is 5.79. The molecule has 0 spiro atoms. The van der Waals surface area contributed by atoms with Crippen LogP contribution in [0.5, 0.6) is 0 Å². The lowest BCUT2D eigenvalue weighted by Gasteiger charge is -2.28. The molecule has 1 rings (SSSR count). The molecule has 0 aromatic heterocycles. The van der Waals surface area contributed by atoms with Gasteiger partial charge in [0, 0.05) is 13.1 Å². The van der Waals surface area contributed by atoms with Gasteiger partial charge in [0.05, 0.1) is 17.9 Å². The van der Waals surface area contributed by atoms with Crippen LogP contribution in [-0.4, -0.2) is 25.7 Å². The fourth-order valence-corrected chi connectivity index (χ4v) is 2.57. The van der Waals surface area contributed by atoms with Gasteiger partial charge < -0.3 is 9.64 Å². The Bertz CT molecular complexity index is 497. The highest BCUT2D eigenvalue weighted by Gasteiger charge is 2.18. The number of esters is 1. The average molecular weight is 348 g/mol. The second kappa shape index (κ2) is 11.2. The molecule has 1 aromatic carbocycles. The Kier molecular flexibility index (Phi) is 9.62. The third-order valence-electron chi connectivity index (χ3n) is 4.35. The van der Waals surface area contributed by atoms with Gasteiger partial charge in [-0.25, -0.2) is 4.79 Å². The molecule has 0 aliphatic carbocycles. The van der Waals surface area contributed by atoms with E-state index in [1.165, 1.54) is 0 Å². The topological polar surface area (TPSA) is 29.5 Å². The minimum absolute atomic E-state index is 0.199. The minimum atomic E-state index is -0.199. The molecule has 0 aliphatic heterocycles. The van der Waals surface area contributed by atoms with E-state index >= 15 is 0 Å². The molecule has 1 aromatic rings. The quantitative estimate of drug-likeness (QED) is 0.475. The first kappa shape index (κ1) is 21.5. The smallest absolute Gasteiger partial charge is 0.340 e. The van der Waals surface area contributed by atoms with E-state index in [1.807, 2.05) is 18.2 Å². The van der Waals surface area contributed by atoms with Crippen molar-refractivity contribution in [1.29, 1.82) is 0 Å². The van der Waals surface area contributed by atoms with E-state index in [1.54, 1.807) is 0 Å². The Morgan fingerprint density at radius 3 is 1.92 bits per heavy atom. The van der Waals surface area contributed by atoms with Gasteiger partial charge in [0.15, 0.2) is 0 Å². The van der Waals surface area contributed by atoms with Gasteiger partial charge in [0.1, 0.15) is 0 Å². The van der Waals surface area contributed by atoms with E-state index in [-0.39, 0.29) is 5.97 Å². The van der Waals surface area contributed by atoms with Crippen molar-refractivity contribution in [3.8, 4) is 0 Å². The van der Waals surface area contributed by atoms with Crippen LogP contribution in [0, 0.1) is 17.8 Å². The first-order valence-electron chi connectivity index (χ1n) is 9.82. The fraction of sp³-hybridized carbons (Fsp3) is 0.682. The van der Waals surface area contributed by atoms with Crippen molar-refractivity contribution in [2.75, 3.05) is 24.6 Å². The zero-order chi connectivity index (χ0) is 18.8. The summed E-state index contributed by atoms with van der Waals surface area (Å²) in [5.74, 6) is 1.63. The largest absolute Gasteiger partial charge is 0.462 e. The first-order chi connectivity index (χ1) is 11.8. The van der Waals surface area contributed by atoms with Crippen LogP contribution in [0.1, 0.15) is 71.2 Å².